The minimum Gasteiger partial charge on any atom is -0.353 e. The zero-order chi connectivity index (χ0) is 17.8. The molecular weight excluding hydrogens is 334 g/mol. The monoisotopic (exact) mass is 359 g/mol. The molecule has 0 bridgehead atoms. The third kappa shape index (κ3) is 4.61. The number of carbonyl (C=O) groups is 1. The van der Waals surface area contributed by atoms with Gasteiger partial charge < -0.3 is 14.8 Å². The summed E-state index contributed by atoms with van der Waals surface area (Å²) in [6, 6.07) is 10.3. The van der Waals surface area contributed by atoms with Crippen LogP contribution in [0.1, 0.15) is 30.4 Å². The predicted molar refractivity (Wildman–Crippen MR) is 99.5 cm³/mol. The lowest BCUT2D eigenvalue weighted by Gasteiger charge is -2.35. The number of rotatable bonds is 7. The first-order chi connectivity index (χ1) is 12.0. The number of benzene rings is 1. The van der Waals surface area contributed by atoms with Crippen LogP contribution in [0.25, 0.3) is 0 Å². The molecule has 0 spiro atoms. The molecule has 6 nitrogen and oxygen atoms in total. The molecule has 3 rings (SSSR count). The van der Waals surface area contributed by atoms with Crippen molar-refractivity contribution in [1.29, 1.82) is 0 Å². The van der Waals surface area contributed by atoms with Gasteiger partial charge in [-0.15, -0.1) is 22.0 Å². The summed E-state index contributed by atoms with van der Waals surface area (Å²) in [5.74, 6) is 2.96. The molecule has 0 aliphatic heterocycles. The van der Waals surface area contributed by atoms with E-state index in [0.717, 1.165) is 35.9 Å². The molecule has 0 saturated heterocycles. The van der Waals surface area contributed by atoms with Crippen LogP contribution in [-0.4, -0.2) is 51.5 Å². The number of hydrogen-bond donors (Lipinski definition) is 1. The molecule has 1 aliphatic rings. The highest BCUT2D eigenvalue weighted by atomic mass is 32.2. The van der Waals surface area contributed by atoms with Gasteiger partial charge >= 0.3 is 0 Å². The van der Waals surface area contributed by atoms with E-state index in [-0.39, 0.29) is 11.9 Å². The summed E-state index contributed by atoms with van der Waals surface area (Å²) in [5.41, 5.74) is 0. The van der Waals surface area contributed by atoms with E-state index >= 15 is 0 Å². The van der Waals surface area contributed by atoms with Gasteiger partial charge in [-0.25, -0.2) is 0 Å². The Morgan fingerprint density at radius 3 is 2.68 bits per heavy atom. The second kappa shape index (κ2) is 8.01. The topological polar surface area (TPSA) is 63.1 Å². The maximum Gasteiger partial charge on any atom is 0.230 e. The van der Waals surface area contributed by atoms with E-state index in [4.69, 9.17) is 0 Å². The molecule has 134 valence electrons. The van der Waals surface area contributed by atoms with Crippen LogP contribution >= 0.6 is 11.8 Å². The summed E-state index contributed by atoms with van der Waals surface area (Å²) in [4.78, 5) is 15.3. The molecule has 7 heteroatoms. The van der Waals surface area contributed by atoms with Gasteiger partial charge in [0.2, 0.25) is 5.91 Å². The number of amides is 1. The first-order valence-corrected chi connectivity index (χ1v) is 9.51. The Labute approximate surface area is 153 Å². The van der Waals surface area contributed by atoms with Crippen LogP contribution in [-0.2, 0) is 18.4 Å². The van der Waals surface area contributed by atoms with Crippen LogP contribution in [0.5, 0.6) is 0 Å². The molecule has 1 saturated carbocycles. The van der Waals surface area contributed by atoms with E-state index in [1.165, 1.54) is 0 Å². The van der Waals surface area contributed by atoms with E-state index in [1.54, 1.807) is 11.8 Å². The van der Waals surface area contributed by atoms with Crippen molar-refractivity contribution in [2.75, 3.05) is 19.8 Å². The first-order valence-electron chi connectivity index (χ1n) is 8.53. The van der Waals surface area contributed by atoms with Gasteiger partial charge in [0.25, 0.3) is 0 Å². The number of aromatic nitrogens is 3. The number of thioether (sulfide) groups is 1. The third-order valence-corrected chi connectivity index (χ3v) is 5.45. The Balaban J connectivity index is 1.43. The van der Waals surface area contributed by atoms with Gasteiger partial charge in [-0.3, -0.25) is 4.79 Å². The zero-order valence-corrected chi connectivity index (χ0v) is 15.8. The highest BCUT2D eigenvalue weighted by Gasteiger charge is 2.34. The van der Waals surface area contributed by atoms with E-state index in [2.05, 4.69) is 25.0 Å². The maximum absolute atomic E-state index is 12.1. The van der Waals surface area contributed by atoms with Gasteiger partial charge in [-0.1, -0.05) is 18.2 Å². The van der Waals surface area contributed by atoms with Gasteiger partial charge in [0.1, 0.15) is 11.6 Å². The largest absolute Gasteiger partial charge is 0.353 e. The smallest absolute Gasteiger partial charge is 0.230 e. The van der Waals surface area contributed by atoms with E-state index < -0.39 is 0 Å². The van der Waals surface area contributed by atoms with Crippen molar-refractivity contribution in [2.24, 2.45) is 7.05 Å². The fourth-order valence-corrected chi connectivity index (χ4v) is 3.76. The van der Waals surface area contributed by atoms with E-state index in [1.807, 2.05) is 51.5 Å². The van der Waals surface area contributed by atoms with E-state index in [0.29, 0.717) is 11.7 Å². The molecule has 0 atom stereocenters. The summed E-state index contributed by atoms with van der Waals surface area (Å²) in [5, 5.41) is 11.8. The van der Waals surface area contributed by atoms with Gasteiger partial charge in [0.05, 0.1) is 12.3 Å². The first kappa shape index (κ1) is 17.9. The Morgan fingerprint density at radius 1 is 1.28 bits per heavy atom. The van der Waals surface area contributed by atoms with Crippen LogP contribution < -0.4 is 5.32 Å². The molecule has 1 aromatic carbocycles. The highest BCUT2D eigenvalue weighted by Crippen LogP contribution is 2.36. The summed E-state index contributed by atoms with van der Waals surface area (Å²) < 4.78 is 2.09. The van der Waals surface area contributed by atoms with Gasteiger partial charge in [0.15, 0.2) is 0 Å². The molecule has 1 fully saturated rings. The average molecular weight is 359 g/mol. The Bertz CT molecular complexity index is 710. The average Bonchev–Trinajstić information content (AvgIpc) is 2.89. The quantitative estimate of drug-likeness (QED) is 0.767. The van der Waals surface area contributed by atoms with Crippen LogP contribution in [0.15, 0.2) is 35.2 Å². The Morgan fingerprint density at radius 2 is 2.00 bits per heavy atom. The highest BCUT2D eigenvalue weighted by molar-refractivity contribution is 8.00. The van der Waals surface area contributed by atoms with Crippen molar-refractivity contribution in [3.05, 3.63) is 42.0 Å². The molecule has 0 unspecified atom stereocenters. The standard InChI is InChI=1S/C18H25N5OS/c1-22(2)11-16-20-21-18(23(16)3)13-9-14(10-13)19-17(24)12-25-15-7-5-4-6-8-15/h4-8,13-14H,9-12H2,1-3H3,(H,19,24). The molecule has 1 N–H and O–H groups in total. The predicted octanol–water partition coefficient (Wildman–Crippen LogP) is 2.03. The number of nitrogens with one attached hydrogen (secondary N) is 1. The minimum absolute atomic E-state index is 0.101. The van der Waals surface area contributed by atoms with Crippen LogP contribution in [0.4, 0.5) is 0 Å². The summed E-state index contributed by atoms with van der Waals surface area (Å²) >= 11 is 1.57. The van der Waals surface area contributed by atoms with Crippen molar-refractivity contribution < 1.29 is 4.79 Å². The second-order valence-electron chi connectivity index (χ2n) is 6.81. The molecule has 0 radical (unpaired) electrons. The lowest BCUT2D eigenvalue weighted by atomic mass is 9.79. The fourth-order valence-electron chi connectivity index (χ4n) is 3.03. The third-order valence-electron chi connectivity index (χ3n) is 4.44. The van der Waals surface area contributed by atoms with Crippen molar-refractivity contribution >= 4 is 17.7 Å². The van der Waals surface area contributed by atoms with Gasteiger partial charge in [0, 0.05) is 23.9 Å². The number of carbonyl (C=O) groups excluding carboxylic acids is 1. The molecule has 1 aliphatic carbocycles. The molecule has 25 heavy (non-hydrogen) atoms. The van der Waals surface area contributed by atoms with Crippen molar-refractivity contribution in [1.82, 2.24) is 25.0 Å². The van der Waals surface area contributed by atoms with Crippen LogP contribution in [0.3, 0.4) is 0 Å². The molecule has 1 heterocycles. The molecular formula is C18H25N5OS. The Hall–Kier alpha value is -1.86. The van der Waals surface area contributed by atoms with E-state index in [9.17, 15) is 4.79 Å². The van der Waals surface area contributed by atoms with Crippen molar-refractivity contribution in [3.63, 3.8) is 0 Å². The summed E-state index contributed by atoms with van der Waals surface area (Å²) in [6.45, 7) is 0.785. The lowest BCUT2D eigenvalue weighted by molar-refractivity contribution is -0.119. The SMILES string of the molecule is CN(C)Cc1nnc(C2CC(NC(=O)CSc3ccccc3)C2)n1C. The van der Waals surface area contributed by atoms with Crippen LogP contribution in [0, 0.1) is 0 Å². The fraction of sp³-hybridized carbons (Fsp3) is 0.500. The second-order valence-corrected chi connectivity index (χ2v) is 7.85. The van der Waals surface area contributed by atoms with Crippen molar-refractivity contribution in [2.45, 2.75) is 36.2 Å². The van der Waals surface area contributed by atoms with Gasteiger partial charge in [-0.2, -0.15) is 0 Å². The van der Waals surface area contributed by atoms with Crippen LogP contribution in [0.2, 0.25) is 0 Å². The molecule has 1 aromatic heterocycles. The normalized spacial score (nSPS) is 19.7. The lowest BCUT2D eigenvalue weighted by Crippen LogP contribution is -2.44. The Kier molecular flexibility index (Phi) is 5.75. The maximum atomic E-state index is 12.1. The van der Waals surface area contributed by atoms with Gasteiger partial charge in [-0.05, 0) is 39.1 Å². The number of hydrogen-bond acceptors (Lipinski definition) is 5. The number of nitrogens with zero attached hydrogens (tertiary/aromatic N) is 4. The summed E-state index contributed by atoms with van der Waals surface area (Å²) in [6.07, 6.45) is 1.88. The molecule has 2 aromatic rings. The summed E-state index contributed by atoms with van der Waals surface area (Å²) in [7, 11) is 6.07. The van der Waals surface area contributed by atoms with Crippen molar-refractivity contribution in [3.8, 4) is 0 Å². The zero-order valence-electron chi connectivity index (χ0n) is 15.0. The molecule has 1 amide bonds. The minimum atomic E-state index is 0.101.